The highest BCUT2D eigenvalue weighted by molar-refractivity contribution is 5.74. The number of amides is 2. The lowest BCUT2D eigenvalue weighted by molar-refractivity contribution is -0.137. The molecule has 0 bridgehead atoms. The van der Waals surface area contributed by atoms with E-state index in [0.717, 1.165) is 19.4 Å². The molecule has 2 atom stereocenters. The van der Waals surface area contributed by atoms with Gasteiger partial charge in [-0.1, -0.05) is 6.92 Å². The summed E-state index contributed by atoms with van der Waals surface area (Å²) in [4.78, 5) is 24.2. The van der Waals surface area contributed by atoms with E-state index in [0.29, 0.717) is 19.4 Å². The average Bonchev–Trinajstić information content (AvgIpc) is 2.82. The summed E-state index contributed by atoms with van der Waals surface area (Å²) in [7, 11) is 0. The molecule has 0 radical (unpaired) electrons. The van der Waals surface area contributed by atoms with E-state index in [2.05, 4.69) is 5.32 Å². The van der Waals surface area contributed by atoms with Crippen LogP contribution in [-0.4, -0.2) is 52.9 Å². The van der Waals surface area contributed by atoms with Crippen molar-refractivity contribution in [3.05, 3.63) is 0 Å². The number of urea groups is 1. The van der Waals surface area contributed by atoms with Crippen LogP contribution in [0.25, 0.3) is 0 Å². The molecule has 1 heterocycles. The van der Waals surface area contributed by atoms with Crippen molar-refractivity contribution in [3.63, 3.8) is 0 Å². The molecule has 0 aromatic heterocycles. The van der Waals surface area contributed by atoms with Crippen molar-refractivity contribution in [1.82, 2.24) is 10.2 Å². The lowest BCUT2D eigenvalue weighted by Gasteiger charge is -2.25. The summed E-state index contributed by atoms with van der Waals surface area (Å²) in [6.07, 6.45) is 3.25. The van der Waals surface area contributed by atoms with Gasteiger partial charge >= 0.3 is 12.0 Å². The summed E-state index contributed by atoms with van der Waals surface area (Å²) in [5, 5.41) is 20.4. The minimum atomic E-state index is -0.805. The van der Waals surface area contributed by atoms with Crippen molar-refractivity contribution in [3.8, 4) is 0 Å². The van der Waals surface area contributed by atoms with E-state index in [9.17, 15) is 9.59 Å². The Labute approximate surface area is 113 Å². The Morgan fingerprint density at radius 1 is 1.47 bits per heavy atom. The van der Waals surface area contributed by atoms with E-state index in [-0.39, 0.29) is 31.0 Å². The summed E-state index contributed by atoms with van der Waals surface area (Å²) in [5.41, 5.74) is 0. The van der Waals surface area contributed by atoms with Crippen molar-refractivity contribution in [2.24, 2.45) is 5.92 Å². The minimum absolute atomic E-state index is 0.0990. The summed E-state index contributed by atoms with van der Waals surface area (Å²) in [5.74, 6) is -0.653. The first-order valence-corrected chi connectivity index (χ1v) is 6.91. The molecule has 1 fully saturated rings. The first-order valence-electron chi connectivity index (χ1n) is 6.91. The molecule has 19 heavy (non-hydrogen) atoms. The number of carboxylic acid groups (broad SMARTS) is 1. The predicted octanol–water partition coefficient (Wildman–Crippen LogP) is 1.04. The molecule has 0 aromatic rings. The third-order valence-corrected chi connectivity index (χ3v) is 3.55. The van der Waals surface area contributed by atoms with Crippen LogP contribution in [0, 0.1) is 5.92 Å². The predicted molar refractivity (Wildman–Crippen MR) is 70.9 cm³/mol. The second-order valence-electron chi connectivity index (χ2n) is 5.23. The lowest BCUT2D eigenvalue weighted by atomic mass is 10.1. The number of carbonyl (C=O) groups is 2. The first kappa shape index (κ1) is 15.8. The number of carboxylic acids is 1. The third kappa shape index (κ3) is 5.46. The second-order valence-corrected chi connectivity index (χ2v) is 5.23. The van der Waals surface area contributed by atoms with E-state index in [4.69, 9.17) is 10.2 Å². The van der Waals surface area contributed by atoms with Crippen LogP contribution in [0.3, 0.4) is 0 Å². The van der Waals surface area contributed by atoms with Crippen molar-refractivity contribution in [2.45, 2.75) is 45.1 Å². The fourth-order valence-corrected chi connectivity index (χ4v) is 2.39. The highest BCUT2D eigenvalue weighted by Gasteiger charge is 2.28. The monoisotopic (exact) mass is 272 g/mol. The van der Waals surface area contributed by atoms with Gasteiger partial charge in [0.25, 0.3) is 0 Å². The zero-order chi connectivity index (χ0) is 14.3. The standard InChI is InChI=1S/C13H24N2O4/c1-10(4-5-12(17)18)9-14-13(19)15-7-2-3-11(15)6-8-16/h10-11,16H,2-9H2,1H3,(H,14,19)(H,17,18). The molecule has 110 valence electrons. The van der Waals surface area contributed by atoms with Crippen LogP contribution < -0.4 is 5.32 Å². The Hall–Kier alpha value is -1.30. The molecule has 1 aliphatic heterocycles. The molecule has 6 nitrogen and oxygen atoms in total. The van der Waals surface area contributed by atoms with E-state index >= 15 is 0 Å². The number of likely N-dealkylation sites (tertiary alicyclic amines) is 1. The molecular weight excluding hydrogens is 248 g/mol. The van der Waals surface area contributed by atoms with E-state index in [1.807, 2.05) is 6.92 Å². The molecule has 0 aromatic carbocycles. The van der Waals surface area contributed by atoms with Gasteiger partial charge in [0.1, 0.15) is 0 Å². The molecule has 1 rings (SSSR count). The molecule has 1 aliphatic rings. The summed E-state index contributed by atoms with van der Waals surface area (Å²) in [6, 6.07) is 0.0393. The zero-order valence-electron chi connectivity index (χ0n) is 11.5. The number of hydrogen-bond acceptors (Lipinski definition) is 3. The summed E-state index contributed by atoms with van der Waals surface area (Å²) in [6.45, 7) is 3.26. The number of rotatable bonds is 7. The van der Waals surface area contributed by atoms with E-state index < -0.39 is 5.97 Å². The summed E-state index contributed by atoms with van der Waals surface area (Å²) >= 11 is 0. The molecular formula is C13H24N2O4. The number of aliphatic hydroxyl groups is 1. The molecule has 2 unspecified atom stereocenters. The van der Waals surface area contributed by atoms with Crippen molar-refractivity contribution in [1.29, 1.82) is 0 Å². The molecule has 1 saturated heterocycles. The van der Waals surface area contributed by atoms with Gasteiger partial charge in [-0.05, 0) is 31.6 Å². The lowest BCUT2D eigenvalue weighted by Crippen LogP contribution is -2.44. The van der Waals surface area contributed by atoms with Crippen molar-refractivity contribution < 1.29 is 19.8 Å². The fraction of sp³-hybridized carbons (Fsp3) is 0.846. The molecule has 6 heteroatoms. The van der Waals surface area contributed by atoms with Gasteiger partial charge < -0.3 is 20.4 Å². The first-order chi connectivity index (χ1) is 9.04. The highest BCUT2D eigenvalue weighted by atomic mass is 16.4. The number of carbonyl (C=O) groups excluding carboxylic acids is 1. The van der Waals surface area contributed by atoms with E-state index in [1.54, 1.807) is 4.90 Å². The average molecular weight is 272 g/mol. The van der Waals surface area contributed by atoms with Crippen molar-refractivity contribution in [2.75, 3.05) is 19.7 Å². The molecule has 3 N–H and O–H groups in total. The maximum Gasteiger partial charge on any atom is 0.317 e. The van der Waals surface area contributed by atoms with Gasteiger partial charge in [0.05, 0.1) is 0 Å². The second kappa shape index (κ2) is 7.99. The normalized spacial score (nSPS) is 20.3. The van der Waals surface area contributed by atoms with Gasteiger partial charge in [0, 0.05) is 32.2 Å². The van der Waals surface area contributed by atoms with Crippen LogP contribution in [0.15, 0.2) is 0 Å². The van der Waals surface area contributed by atoms with Gasteiger partial charge in [-0.3, -0.25) is 4.79 Å². The fourth-order valence-electron chi connectivity index (χ4n) is 2.39. The van der Waals surface area contributed by atoms with Gasteiger partial charge in [-0.2, -0.15) is 0 Å². The third-order valence-electron chi connectivity index (χ3n) is 3.55. The maximum absolute atomic E-state index is 12.0. The molecule has 0 saturated carbocycles. The van der Waals surface area contributed by atoms with Crippen LogP contribution in [-0.2, 0) is 4.79 Å². The van der Waals surface area contributed by atoms with Gasteiger partial charge in [-0.25, -0.2) is 4.79 Å². The summed E-state index contributed by atoms with van der Waals surface area (Å²) < 4.78 is 0. The van der Waals surface area contributed by atoms with Gasteiger partial charge in [-0.15, -0.1) is 0 Å². The van der Waals surface area contributed by atoms with Gasteiger partial charge in [0.2, 0.25) is 0 Å². The topological polar surface area (TPSA) is 89.9 Å². The Morgan fingerprint density at radius 2 is 2.21 bits per heavy atom. The van der Waals surface area contributed by atoms with Crippen LogP contribution >= 0.6 is 0 Å². The van der Waals surface area contributed by atoms with Gasteiger partial charge in [0.15, 0.2) is 0 Å². The zero-order valence-corrected chi connectivity index (χ0v) is 11.5. The Kier molecular flexibility index (Phi) is 6.62. The smallest absolute Gasteiger partial charge is 0.317 e. The number of aliphatic carboxylic acids is 1. The molecule has 0 spiro atoms. The Bertz CT molecular complexity index is 309. The SMILES string of the molecule is CC(CCC(=O)O)CNC(=O)N1CCCC1CCO. The number of nitrogens with zero attached hydrogens (tertiary/aromatic N) is 1. The quantitative estimate of drug-likeness (QED) is 0.646. The molecule has 0 aliphatic carbocycles. The highest BCUT2D eigenvalue weighted by Crippen LogP contribution is 2.19. The number of nitrogens with one attached hydrogen (secondary N) is 1. The Balaban J connectivity index is 2.28. The van der Waals surface area contributed by atoms with E-state index in [1.165, 1.54) is 0 Å². The molecule has 2 amide bonds. The largest absolute Gasteiger partial charge is 0.481 e. The number of hydrogen-bond donors (Lipinski definition) is 3. The minimum Gasteiger partial charge on any atom is -0.481 e. The maximum atomic E-state index is 12.0. The van der Waals surface area contributed by atoms with Crippen LogP contribution in [0.2, 0.25) is 0 Å². The Morgan fingerprint density at radius 3 is 2.84 bits per heavy atom. The van der Waals surface area contributed by atoms with Crippen molar-refractivity contribution >= 4 is 12.0 Å². The van der Waals surface area contributed by atoms with Crippen LogP contribution in [0.4, 0.5) is 4.79 Å². The number of aliphatic hydroxyl groups excluding tert-OH is 1. The van der Waals surface area contributed by atoms with Crippen LogP contribution in [0.1, 0.15) is 39.0 Å². The van der Waals surface area contributed by atoms with Crippen LogP contribution in [0.5, 0.6) is 0 Å².